The summed E-state index contributed by atoms with van der Waals surface area (Å²) in [5.41, 5.74) is 0. The molecule has 166 valence electrons. The van der Waals surface area contributed by atoms with Crippen molar-refractivity contribution in [3.05, 3.63) is 11.6 Å². The lowest BCUT2D eigenvalue weighted by Crippen LogP contribution is -2.48. The molecule has 0 saturated heterocycles. The van der Waals surface area contributed by atoms with Crippen molar-refractivity contribution in [1.82, 2.24) is 25.4 Å². The van der Waals surface area contributed by atoms with Gasteiger partial charge in [0.25, 0.3) is 0 Å². The van der Waals surface area contributed by atoms with Crippen LogP contribution in [0.2, 0.25) is 0 Å². The number of aromatic nitrogens is 3. The molecule has 1 atom stereocenters. The second-order valence-electron chi connectivity index (χ2n) is 8.42. The Kier molecular flexibility index (Phi) is 10.7. The van der Waals surface area contributed by atoms with Gasteiger partial charge < -0.3 is 15.4 Å². The first kappa shape index (κ1) is 24.4. The van der Waals surface area contributed by atoms with E-state index in [1.165, 1.54) is 44.9 Å². The second-order valence-corrected chi connectivity index (χ2v) is 8.42. The smallest absolute Gasteiger partial charge is 0.191 e. The predicted molar refractivity (Wildman–Crippen MR) is 128 cm³/mol. The van der Waals surface area contributed by atoms with Gasteiger partial charge in [0.05, 0.1) is 6.54 Å². The summed E-state index contributed by atoms with van der Waals surface area (Å²) in [7, 11) is 3.54. The van der Waals surface area contributed by atoms with Gasteiger partial charge in [-0.2, -0.15) is 5.10 Å². The number of methoxy groups -OCH3 is 1. The molecule has 0 radical (unpaired) electrons. The van der Waals surface area contributed by atoms with Gasteiger partial charge in [0.2, 0.25) is 0 Å². The zero-order valence-electron chi connectivity index (χ0n) is 18.3. The third-order valence-corrected chi connectivity index (χ3v) is 6.23. The molecule has 2 heterocycles. The highest BCUT2D eigenvalue weighted by molar-refractivity contribution is 14.0. The Morgan fingerprint density at radius 1 is 1.21 bits per heavy atom. The summed E-state index contributed by atoms with van der Waals surface area (Å²) in [6.45, 7) is 4.62. The van der Waals surface area contributed by atoms with Gasteiger partial charge in [-0.25, -0.2) is 9.67 Å². The molecule has 7 nitrogen and oxygen atoms in total. The van der Waals surface area contributed by atoms with Gasteiger partial charge in [-0.1, -0.05) is 39.0 Å². The highest BCUT2D eigenvalue weighted by atomic mass is 127. The van der Waals surface area contributed by atoms with E-state index in [-0.39, 0.29) is 24.0 Å². The Balaban J connectivity index is 0.00000300. The molecule has 0 spiro atoms. The molecule has 8 heteroatoms. The Morgan fingerprint density at radius 2 is 1.97 bits per heavy atom. The van der Waals surface area contributed by atoms with Crippen molar-refractivity contribution in [1.29, 1.82) is 0 Å². The highest BCUT2D eigenvalue weighted by Crippen LogP contribution is 2.31. The lowest BCUT2D eigenvalue weighted by atomic mass is 9.80. The van der Waals surface area contributed by atoms with Gasteiger partial charge in [-0.3, -0.25) is 4.99 Å². The van der Waals surface area contributed by atoms with Crippen LogP contribution in [0, 0.1) is 11.8 Å². The van der Waals surface area contributed by atoms with Crippen LogP contribution in [0.1, 0.15) is 69.9 Å². The van der Waals surface area contributed by atoms with Crippen LogP contribution in [0.3, 0.4) is 0 Å². The van der Waals surface area contributed by atoms with Crippen LogP contribution in [0.25, 0.3) is 0 Å². The summed E-state index contributed by atoms with van der Waals surface area (Å²) in [5.74, 6) is 4.50. The minimum Gasteiger partial charge on any atom is -0.377 e. The number of halogens is 1. The second kappa shape index (κ2) is 12.7. The van der Waals surface area contributed by atoms with E-state index >= 15 is 0 Å². The first-order valence-electron chi connectivity index (χ1n) is 11.1. The Morgan fingerprint density at radius 3 is 2.66 bits per heavy atom. The molecule has 2 aliphatic rings. The van der Waals surface area contributed by atoms with E-state index in [9.17, 15) is 0 Å². The van der Waals surface area contributed by atoms with Crippen LogP contribution in [-0.4, -0.2) is 47.5 Å². The SMILES string of the molecule is CCCCC1CCC(CNC(=NC)NC2CCc3nc(COC)nn3C2)CC1.I. The van der Waals surface area contributed by atoms with Crippen molar-refractivity contribution < 1.29 is 4.74 Å². The van der Waals surface area contributed by atoms with Crippen LogP contribution in [-0.2, 0) is 24.3 Å². The maximum atomic E-state index is 5.15. The number of aryl methyl sites for hydroxylation is 1. The molecule has 1 aromatic rings. The Hall–Kier alpha value is -0.900. The normalized spacial score (nSPS) is 24.5. The molecular formula is C21H39IN6O. The summed E-state index contributed by atoms with van der Waals surface area (Å²) in [6, 6.07) is 0.334. The van der Waals surface area contributed by atoms with Crippen molar-refractivity contribution in [2.75, 3.05) is 20.7 Å². The number of fused-ring (bicyclic) bond motifs is 1. The minimum absolute atomic E-state index is 0. The van der Waals surface area contributed by atoms with E-state index < -0.39 is 0 Å². The predicted octanol–water partition coefficient (Wildman–Crippen LogP) is 3.52. The number of rotatable bonds is 8. The molecule has 1 aliphatic carbocycles. The van der Waals surface area contributed by atoms with Gasteiger partial charge in [-0.15, -0.1) is 24.0 Å². The van der Waals surface area contributed by atoms with Gasteiger partial charge in [0, 0.05) is 33.2 Å². The number of nitrogens with zero attached hydrogens (tertiary/aromatic N) is 4. The highest BCUT2D eigenvalue weighted by Gasteiger charge is 2.24. The zero-order valence-corrected chi connectivity index (χ0v) is 20.7. The summed E-state index contributed by atoms with van der Waals surface area (Å²) in [5, 5.41) is 11.7. The maximum absolute atomic E-state index is 5.15. The minimum atomic E-state index is 0. The quantitative estimate of drug-likeness (QED) is 0.313. The Labute approximate surface area is 192 Å². The molecular weight excluding hydrogens is 479 g/mol. The Bertz CT molecular complexity index is 627. The fourth-order valence-corrected chi connectivity index (χ4v) is 4.51. The topological polar surface area (TPSA) is 76.4 Å². The number of ether oxygens (including phenoxy) is 1. The molecule has 29 heavy (non-hydrogen) atoms. The monoisotopic (exact) mass is 518 g/mol. The molecule has 2 N–H and O–H groups in total. The van der Waals surface area contributed by atoms with Crippen LogP contribution in [0.5, 0.6) is 0 Å². The van der Waals surface area contributed by atoms with Crippen molar-refractivity contribution in [3.8, 4) is 0 Å². The van der Waals surface area contributed by atoms with Crippen molar-refractivity contribution in [2.24, 2.45) is 16.8 Å². The number of nitrogens with one attached hydrogen (secondary N) is 2. The van der Waals surface area contributed by atoms with Gasteiger partial charge in [0.1, 0.15) is 12.4 Å². The van der Waals surface area contributed by atoms with Gasteiger partial charge in [-0.05, 0) is 31.1 Å². The van der Waals surface area contributed by atoms with Crippen molar-refractivity contribution in [3.63, 3.8) is 0 Å². The summed E-state index contributed by atoms with van der Waals surface area (Å²) in [4.78, 5) is 8.99. The number of aliphatic imine (C=N–C) groups is 1. The number of guanidine groups is 1. The van der Waals surface area contributed by atoms with E-state index in [1.807, 2.05) is 11.7 Å². The third-order valence-electron chi connectivity index (χ3n) is 6.23. The number of hydrogen-bond acceptors (Lipinski definition) is 4. The molecule has 1 saturated carbocycles. The summed E-state index contributed by atoms with van der Waals surface area (Å²) < 4.78 is 7.16. The number of hydrogen-bond donors (Lipinski definition) is 2. The third kappa shape index (κ3) is 7.38. The van der Waals surface area contributed by atoms with Crippen molar-refractivity contribution in [2.45, 2.75) is 83.9 Å². The van der Waals surface area contributed by atoms with E-state index in [2.05, 4.69) is 32.6 Å². The van der Waals surface area contributed by atoms with Crippen LogP contribution >= 0.6 is 24.0 Å². The lowest BCUT2D eigenvalue weighted by Gasteiger charge is -2.30. The van der Waals surface area contributed by atoms with Crippen LogP contribution < -0.4 is 10.6 Å². The molecule has 1 aliphatic heterocycles. The molecule has 1 aromatic heterocycles. The van der Waals surface area contributed by atoms with Crippen LogP contribution in [0.4, 0.5) is 0 Å². The molecule has 0 bridgehead atoms. The fourth-order valence-electron chi connectivity index (χ4n) is 4.51. The van der Waals surface area contributed by atoms with E-state index in [0.717, 1.165) is 55.4 Å². The van der Waals surface area contributed by atoms with Crippen LogP contribution in [0.15, 0.2) is 4.99 Å². The van der Waals surface area contributed by atoms with E-state index in [4.69, 9.17) is 4.74 Å². The fraction of sp³-hybridized carbons (Fsp3) is 0.857. The molecule has 3 rings (SSSR count). The van der Waals surface area contributed by atoms with E-state index in [0.29, 0.717) is 12.6 Å². The van der Waals surface area contributed by atoms with Gasteiger partial charge in [0.15, 0.2) is 11.8 Å². The molecule has 1 fully saturated rings. The first-order valence-corrected chi connectivity index (χ1v) is 11.1. The summed E-state index contributed by atoms with van der Waals surface area (Å²) >= 11 is 0. The van der Waals surface area contributed by atoms with Gasteiger partial charge >= 0.3 is 0 Å². The molecule has 0 aromatic carbocycles. The zero-order chi connectivity index (χ0) is 19.8. The van der Waals surface area contributed by atoms with E-state index in [1.54, 1.807) is 7.11 Å². The average Bonchev–Trinajstić information content (AvgIpc) is 3.12. The number of unbranched alkanes of at least 4 members (excludes halogenated alkanes) is 1. The largest absolute Gasteiger partial charge is 0.377 e. The standard InChI is InChI=1S/C21H38N6O.HI/c1-4-5-6-16-7-9-17(10-8-16)13-23-21(22-2)24-18-11-12-20-25-19(15-28-3)26-27(20)14-18;/h16-18H,4-15H2,1-3H3,(H2,22,23,24);1H. The molecule has 0 amide bonds. The lowest BCUT2D eigenvalue weighted by molar-refractivity contribution is 0.177. The van der Waals surface area contributed by atoms with Crippen molar-refractivity contribution >= 4 is 29.9 Å². The summed E-state index contributed by atoms with van der Waals surface area (Å²) in [6.07, 6.45) is 11.7. The average molecular weight is 518 g/mol. The molecule has 1 unspecified atom stereocenters. The first-order chi connectivity index (χ1) is 13.7. The maximum Gasteiger partial charge on any atom is 0.191 e.